The Hall–Kier alpha value is -0.970. The maximum atomic E-state index is 12.7. The van der Waals surface area contributed by atoms with Crippen molar-refractivity contribution in [2.75, 3.05) is 6.61 Å². The largest absolute Gasteiger partial charge is 0.343 e. The molecule has 0 N–H and O–H groups in total. The third-order valence-corrected chi connectivity index (χ3v) is 2.09. The van der Waals surface area contributed by atoms with Gasteiger partial charge >= 0.3 is 0 Å². The van der Waals surface area contributed by atoms with E-state index in [1.54, 1.807) is 12.1 Å². The highest BCUT2D eigenvalue weighted by Gasteiger charge is 2.30. The van der Waals surface area contributed by atoms with Crippen LogP contribution in [0.3, 0.4) is 0 Å². The first-order chi connectivity index (χ1) is 7.07. The molecule has 3 nitrogen and oxygen atoms in total. The third kappa shape index (κ3) is 2.53. The van der Waals surface area contributed by atoms with Gasteiger partial charge in [-0.25, -0.2) is 9.28 Å². The zero-order valence-corrected chi connectivity index (χ0v) is 8.70. The SMILES string of the molecule is CC1(C)COC(c2ccc(F)cc2)OO1. The topological polar surface area (TPSA) is 27.7 Å². The molecule has 4 heteroatoms. The van der Waals surface area contributed by atoms with E-state index >= 15 is 0 Å². The molecule has 0 saturated carbocycles. The Kier molecular flexibility index (Phi) is 2.73. The smallest absolute Gasteiger partial charge is 0.217 e. The Morgan fingerprint density at radius 2 is 1.93 bits per heavy atom. The summed E-state index contributed by atoms with van der Waals surface area (Å²) in [6, 6.07) is 5.95. The van der Waals surface area contributed by atoms with Crippen molar-refractivity contribution in [3.63, 3.8) is 0 Å². The lowest BCUT2D eigenvalue weighted by Crippen LogP contribution is -2.37. The molecule has 1 unspecified atom stereocenters. The van der Waals surface area contributed by atoms with E-state index in [2.05, 4.69) is 0 Å². The minimum Gasteiger partial charge on any atom is -0.343 e. The Labute approximate surface area is 87.7 Å². The zero-order valence-electron chi connectivity index (χ0n) is 8.70. The van der Waals surface area contributed by atoms with Gasteiger partial charge in [0.15, 0.2) is 0 Å². The molecular formula is C11H13FO3. The first-order valence-electron chi connectivity index (χ1n) is 4.78. The summed E-state index contributed by atoms with van der Waals surface area (Å²) in [6.07, 6.45) is -0.571. The van der Waals surface area contributed by atoms with Crippen LogP contribution in [0.15, 0.2) is 24.3 Å². The Morgan fingerprint density at radius 3 is 2.47 bits per heavy atom. The van der Waals surface area contributed by atoms with E-state index in [0.29, 0.717) is 6.61 Å². The van der Waals surface area contributed by atoms with E-state index in [4.69, 9.17) is 14.5 Å². The van der Waals surface area contributed by atoms with Crippen LogP contribution in [0, 0.1) is 5.82 Å². The average Bonchev–Trinajstić information content (AvgIpc) is 2.20. The van der Waals surface area contributed by atoms with Crippen LogP contribution in [0.5, 0.6) is 0 Å². The second kappa shape index (κ2) is 3.89. The summed E-state index contributed by atoms with van der Waals surface area (Å²) in [5.74, 6) is -0.282. The molecule has 0 spiro atoms. The summed E-state index contributed by atoms with van der Waals surface area (Å²) < 4.78 is 18.1. The summed E-state index contributed by atoms with van der Waals surface area (Å²) in [5, 5.41) is 0. The number of rotatable bonds is 1. The summed E-state index contributed by atoms with van der Waals surface area (Å²) in [5.41, 5.74) is 0.309. The lowest BCUT2D eigenvalue weighted by atomic mass is 10.1. The van der Waals surface area contributed by atoms with Gasteiger partial charge in [-0.1, -0.05) is 12.1 Å². The lowest BCUT2D eigenvalue weighted by molar-refractivity contribution is -0.469. The predicted molar refractivity (Wildman–Crippen MR) is 51.3 cm³/mol. The normalized spacial score (nSPS) is 25.1. The molecule has 2 rings (SSSR count). The number of ether oxygens (including phenoxy) is 1. The summed E-state index contributed by atoms with van der Waals surface area (Å²) >= 11 is 0. The van der Waals surface area contributed by atoms with Gasteiger partial charge in [0.05, 0.1) is 6.61 Å². The van der Waals surface area contributed by atoms with E-state index in [1.165, 1.54) is 12.1 Å². The van der Waals surface area contributed by atoms with Gasteiger partial charge in [0.2, 0.25) is 6.29 Å². The highest BCUT2D eigenvalue weighted by Crippen LogP contribution is 2.28. The van der Waals surface area contributed by atoms with Crippen molar-refractivity contribution >= 4 is 0 Å². The van der Waals surface area contributed by atoms with Gasteiger partial charge in [0, 0.05) is 5.56 Å². The van der Waals surface area contributed by atoms with Crippen molar-refractivity contribution in [1.82, 2.24) is 0 Å². The van der Waals surface area contributed by atoms with Crippen LogP contribution in [0.1, 0.15) is 25.7 Å². The Morgan fingerprint density at radius 1 is 1.27 bits per heavy atom. The number of hydrogen-bond donors (Lipinski definition) is 0. The van der Waals surface area contributed by atoms with Gasteiger partial charge in [-0.2, -0.15) is 4.89 Å². The van der Waals surface area contributed by atoms with Crippen LogP contribution in [0.4, 0.5) is 4.39 Å². The van der Waals surface area contributed by atoms with E-state index < -0.39 is 11.9 Å². The number of benzene rings is 1. The van der Waals surface area contributed by atoms with Crippen molar-refractivity contribution in [3.8, 4) is 0 Å². The molecule has 1 heterocycles. The molecule has 0 amide bonds. The highest BCUT2D eigenvalue weighted by molar-refractivity contribution is 5.17. The molecule has 1 aromatic carbocycles. The molecule has 1 aliphatic heterocycles. The van der Waals surface area contributed by atoms with Crippen molar-refractivity contribution in [2.24, 2.45) is 0 Å². The molecule has 1 aromatic rings. The minimum atomic E-state index is -0.571. The molecule has 82 valence electrons. The second-order valence-electron chi connectivity index (χ2n) is 4.13. The molecule has 1 atom stereocenters. The number of halogens is 1. The van der Waals surface area contributed by atoms with Gasteiger partial charge < -0.3 is 4.74 Å². The van der Waals surface area contributed by atoms with Crippen LogP contribution >= 0.6 is 0 Å². The van der Waals surface area contributed by atoms with Crippen molar-refractivity contribution < 1.29 is 18.9 Å². The molecule has 1 fully saturated rings. The van der Waals surface area contributed by atoms with E-state index in [0.717, 1.165) is 5.56 Å². The van der Waals surface area contributed by atoms with Gasteiger partial charge in [-0.15, -0.1) is 0 Å². The maximum Gasteiger partial charge on any atom is 0.217 e. The first-order valence-corrected chi connectivity index (χ1v) is 4.78. The van der Waals surface area contributed by atoms with Crippen molar-refractivity contribution in [2.45, 2.75) is 25.7 Å². The monoisotopic (exact) mass is 212 g/mol. The second-order valence-corrected chi connectivity index (χ2v) is 4.13. The summed E-state index contributed by atoms with van der Waals surface area (Å²) in [6.45, 7) is 4.18. The van der Waals surface area contributed by atoms with Crippen LogP contribution in [-0.2, 0) is 14.5 Å². The molecule has 0 bridgehead atoms. The Balaban J connectivity index is 2.04. The van der Waals surface area contributed by atoms with E-state index in [9.17, 15) is 4.39 Å². The fourth-order valence-electron chi connectivity index (χ4n) is 1.27. The van der Waals surface area contributed by atoms with Crippen LogP contribution in [0.25, 0.3) is 0 Å². The van der Waals surface area contributed by atoms with Crippen molar-refractivity contribution in [1.29, 1.82) is 0 Å². The summed E-state index contributed by atoms with van der Waals surface area (Å²) in [4.78, 5) is 10.2. The minimum absolute atomic E-state index is 0.282. The quantitative estimate of drug-likeness (QED) is 0.669. The highest BCUT2D eigenvalue weighted by atomic mass is 19.1. The van der Waals surface area contributed by atoms with Gasteiger partial charge in [0.1, 0.15) is 11.4 Å². The van der Waals surface area contributed by atoms with Gasteiger partial charge in [-0.05, 0) is 26.0 Å². The molecule has 1 aliphatic rings. The molecule has 15 heavy (non-hydrogen) atoms. The van der Waals surface area contributed by atoms with Gasteiger partial charge in [-0.3, -0.25) is 0 Å². The van der Waals surface area contributed by atoms with E-state index in [-0.39, 0.29) is 5.82 Å². The molecule has 0 aromatic heterocycles. The fourth-order valence-corrected chi connectivity index (χ4v) is 1.27. The fraction of sp³-hybridized carbons (Fsp3) is 0.455. The number of hydrogen-bond acceptors (Lipinski definition) is 3. The molecule has 0 aliphatic carbocycles. The first kappa shape index (κ1) is 10.5. The van der Waals surface area contributed by atoms with Crippen molar-refractivity contribution in [3.05, 3.63) is 35.6 Å². The third-order valence-electron chi connectivity index (χ3n) is 2.09. The lowest BCUT2D eigenvalue weighted by Gasteiger charge is -2.33. The standard InChI is InChI=1S/C11H13FO3/c1-11(2)7-13-10(14-15-11)8-3-5-9(12)6-4-8/h3-6,10H,7H2,1-2H3. The van der Waals surface area contributed by atoms with Gasteiger partial charge in [0.25, 0.3) is 0 Å². The molecular weight excluding hydrogens is 199 g/mol. The van der Waals surface area contributed by atoms with E-state index in [1.807, 2.05) is 13.8 Å². The molecule has 1 saturated heterocycles. The molecule has 0 radical (unpaired) electrons. The van der Waals surface area contributed by atoms with Crippen LogP contribution < -0.4 is 0 Å². The van der Waals surface area contributed by atoms with Crippen LogP contribution in [0.2, 0.25) is 0 Å². The predicted octanol–water partition coefficient (Wildman–Crippen LogP) is 2.58. The zero-order chi connectivity index (χ0) is 10.9. The summed E-state index contributed by atoms with van der Waals surface area (Å²) in [7, 11) is 0. The maximum absolute atomic E-state index is 12.7. The Bertz CT molecular complexity index is 324. The van der Waals surface area contributed by atoms with Crippen LogP contribution in [-0.4, -0.2) is 12.2 Å². The average molecular weight is 212 g/mol.